The Morgan fingerprint density at radius 3 is 2.40 bits per heavy atom. The van der Waals surface area contributed by atoms with Crippen LogP contribution in [0.2, 0.25) is 0 Å². The van der Waals surface area contributed by atoms with Crippen molar-refractivity contribution in [2.45, 2.75) is 6.42 Å². The molecule has 3 aromatic rings. The fourth-order valence-corrected chi connectivity index (χ4v) is 2.82. The van der Waals surface area contributed by atoms with E-state index < -0.39 is 5.97 Å². The summed E-state index contributed by atoms with van der Waals surface area (Å²) in [4.78, 5) is 24.2. The molecule has 154 valence electrons. The number of esters is 1. The van der Waals surface area contributed by atoms with Gasteiger partial charge in [-0.3, -0.25) is 4.79 Å². The third kappa shape index (κ3) is 6.10. The van der Waals surface area contributed by atoms with Gasteiger partial charge in [0.1, 0.15) is 17.2 Å². The zero-order valence-electron chi connectivity index (χ0n) is 16.7. The molecule has 0 heterocycles. The van der Waals surface area contributed by atoms with Crippen molar-refractivity contribution < 1.29 is 23.8 Å². The SMILES string of the molecule is COc1ccccc1CCNC(=O)COC(=O)c1cccc(Oc2ccccc2)c1. The van der Waals surface area contributed by atoms with Gasteiger partial charge in [0.05, 0.1) is 12.7 Å². The monoisotopic (exact) mass is 405 g/mol. The number of ether oxygens (including phenoxy) is 3. The molecule has 0 saturated heterocycles. The van der Waals surface area contributed by atoms with Crippen LogP contribution in [0.15, 0.2) is 78.9 Å². The van der Waals surface area contributed by atoms with Crippen LogP contribution in [0.1, 0.15) is 15.9 Å². The number of hydrogen-bond acceptors (Lipinski definition) is 5. The molecule has 0 unspecified atom stereocenters. The molecule has 0 aliphatic carbocycles. The molecule has 30 heavy (non-hydrogen) atoms. The van der Waals surface area contributed by atoms with Gasteiger partial charge in [0.15, 0.2) is 6.61 Å². The van der Waals surface area contributed by atoms with Gasteiger partial charge < -0.3 is 19.5 Å². The number of rotatable bonds is 9. The number of benzene rings is 3. The first-order chi connectivity index (χ1) is 14.7. The van der Waals surface area contributed by atoms with Crippen LogP contribution in [-0.4, -0.2) is 32.1 Å². The highest BCUT2D eigenvalue weighted by Crippen LogP contribution is 2.22. The van der Waals surface area contributed by atoms with Gasteiger partial charge in [0.25, 0.3) is 5.91 Å². The fraction of sp³-hybridized carbons (Fsp3) is 0.167. The molecule has 0 aromatic heterocycles. The van der Waals surface area contributed by atoms with Crippen LogP contribution in [0, 0.1) is 0 Å². The number of hydrogen-bond donors (Lipinski definition) is 1. The predicted molar refractivity (Wildman–Crippen MR) is 113 cm³/mol. The second kappa shape index (κ2) is 10.7. The van der Waals surface area contributed by atoms with E-state index in [0.717, 1.165) is 11.3 Å². The summed E-state index contributed by atoms with van der Waals surface area (Å²) in [6.07, 6.45) is 0.614. The van der Waals surface area contributed by atoms with Crippen molar-refractivity contribution in [3.8, 4) is 17.2 Å². The molecule has 0 bridgehead atoms. The minimum Gasteiger partial charge on any atom is -0.496 e. The fourth-order valence-electron chi connectivity index (χ4n) is 2.82. The lowest BCUT2D eigenvalue weighted by Gasteiger charge is -2.10. The number of carbonyl (C=O) groups is 2. The Morgan fingerprint density at radius 2 is 1.60 bits per heavy atom. The molecule has 3 rings (SSSR count). The van der Waals surface area contributed by atoms with Crippen molar-refractivity contribution in [2.75, 3.05) is 20.3 Å². The maximum atomic E-state index is 12.3. The van der Waals surface area contributed by atoms with E-state index in [0.29, 0.717) is 30.0 Å². The van der Waals surface area contributed by atoms with Gasteiger partial charge >= 0.3 is 5.97 Å². The minimum absolute atomic E-state index is 0.310. The van der Waals surface area contributed by atoms with Gasteiger partial charge in [-0.25, -0.2) is 4.79 Å². The molecule has 0 spiro atoms. The maximum absolute atomic E-state index is 12.3. The topological polar surface area (TPSA) is 73.9 Å². The van der Waals surface area contributed by atoms with Gasteiger partial charge in [0, 0.05) is 6.54 Å². The van der Waals surface area contributed by atoms with Crippen LogP contribution >= 0.6 is 0 Å². The molecule has 0 aliphatic rings. The van der Waals surface area contributed by atoms with Crippen molar-refractivity contribution in [2.24, 2.45) is 0 Å². The van der Waals surface area contributed by atoms with E-state index in [1.807, 2.05) is 54.6 Å². The summed E-state index contributed by atoms with van der Waals surface area (Å²) in [5.41, 5.74) is 1.30. The zero-order chi connectivity index (χ0) is 21.2. The molecule has 0 atom stereocenters. The van der Waals surface area contributed by atoms with Crippen LogP contribution in [0.3, 0.4) is 0 Å². The maximum Gasteiger partial charge on any atom is 0.338 e. The third-order valence-corrected chi connectivity index (χ3v) is 4.29. The molecule has 3 aromatic carbocycles. The zero-order valence-corrected chi connectivity index (χ0v) is 16.7. The lowest BCUT2D eigenvalue weighted by Crippen LogP contribution is -2.30. The molecule has 1 amide bonds. The van der Waals surface area contributed by atoms with E-state index in [4.69, 9.17) is 14.2 Å². The molecule has 6 nitrogen and oxygen atoms in total. The van der Waals surface area contributed by atoms with Crippen LogP contribution in [0.5, 0.6) is 17.2 Å². The van der Waals surface area contributed by atoms with E-state index in [-0.39, 0.29) is 12.5 Å². The van der Waals surface area contributed by atoms with E-state index >= 15 is 0 Å². The van der Waals surface area contributed by atoms with E-state index in [1.54, 1.807) is 31.4 Å². The summed E-state index contributed by atoms with van der Waals surface area (Å²) in [5.74, 6) is 0.994. The van der Waals surface area contributed by atoms with E-state index in [1.165, 1.54) is 0 Å². The van der Waals surface area contributed by atoms with Crippen molar-refractivity contribution >= 4 is 11.9 Å². The standard InChI is InChI=1S/C24H23NO5/c1-28-22-13-6-5-8-18(22)14-15-25-23(26)17-29-24(27)19-9-7-12-21(16-19)30-20-10-3-2-4-11-20/h2-13,16H,14-15,17H2,1H3,(H,25,26). The summed E-state index contributed by atoms with van der Waals surface area (Å²) in [5, 5.41) is 2.74. The number of carbonyl (C=O) groups excluding carboxylic acids is 2. The average Bonchev–Trinajstić information content (AvgIpc) is 2.78. The Balaban J connectivity index is 1.45. The quantitative estimate of drug-likeness (QED) is 0.545. The summed E-state index contributed by atoms with van der Waals surface area (Å²) < 4.78 is 16.1. The summed E-state index contributed by atoms with van der Waals surface area (Å²) in [6.45, 7) is 0.0612. The predicted octanol–water partition coefficient (Wildman–Crippen LogP) is 4.00. The highest BCUT2D eigenvalue weighted by atomic mass is 16.5. The van der Waals surface area contributed by atoms with Gasteiger partial charge in [-0.1, -0.05) is 42.5 Å². The number of methoxy groups -OCH3 is 1. The summed E-state index contributed by atoms with van der Waals surface area (Å²) in [6, 6.07) is 23.5. The Morgan fingerprint density at radius 1 is 0.867 bits per heavy atom. The average molecular weight is 405 g/mol. The van der Waals surface area contributed by atoms with Crippen LogP contribution in [0.25, 0.3) is 0 Å². The van der Waals surface area contributed by atoms with Crippen LogP contribution in [0.4, 0.5) is 0 Å². The Hall–Kier alpha value is -3.80. The lowest BCUT2D eigenvalue weighted by atomic mass is 10.1. The largest absolute Gasteiger partial charge is 0.496 e. The van der Waals surface area contributed by atoms with E-state index in [2.05, 4.69) is 5.32 Å². The summed E-state index contributed by atoms with van der Waals surface area (Å²) >= 11 is 0. The van der Waals surface area contributed by atoms with Crippen LogP contribution < -0.4 is 14.8 Å². The number of amides is 1. The molecular weight excluding hydrogens is 382 g/mol. The van der Waals surface area contributed by atoms with Crippen molar-refractivity contribution in [1.82, 2.24) is 5.32 Å². The number of para-hydroxylation sites is 2. The Bertz CT molecular complexity index is 988. The Labute approximate surface area is 175 Å². The van der Waals surface area contributed by atoms with Crippen molar-refractivity contribution in [3.63, 3.8) is 0 Å². The second-order valence-electron chi connectivity index (χ2n) is 6.43. The lowest BCUT2D eigenvalue weighted by molar-refractivity contribution is -0.124. The normalized spacial score (nSPS) is 10.2. The van der Waals surface area contributed by atoms with Gasteiger partial charge in [-0.05, 0) is 48.4 Å². The van der Waals surface area contributed by atoms with Gasteiger partial charge in [-0.2, -0.15) is 0 Å². The number of nitrogens with one attached hydrogen (secondary N) is 1. The first-order valence-electron chi connectivity index (χ1n) is 9.54. The highest BCUT2D eigenvalue weighted by Gasteiger charge is 2.11. The Kier molecular flexibility index (Phi) is 7.44. The van der Waals surface area contributed by atoms with Gasteiger partial charge in [-0.15, -0.1) is 0 Å². The van der Waals surface area contributed by atoms with Crippen molar-refractivity contribution in [1.29, 1.82) is 0 Å². The molecule has 0 saturated carbocycles. The van der Waals surface area contributed by atoms with Crippen molar-refractivity contribution in [3.05, 3.63) is 90.0 Å². The highest BCUT2D eigenvalue weighted by molar-refractivity contribution is 5.91. The van der Waals surface area contributed by atoms with E-state index in [9.17, 15) is 9.59 Å². The molecule has 6 heteroatoms. The molecule has 0 aliphatic heterocycles. The van der Waals surface area contributed by atoms with Gasteiger partial charge in [0.2, 0.25) is 0 Å². The third-order valence-electron chi connectivity index (χ3n) is 4.29. The van der Waals surface area contributed by atoms with Crippen LogP contribution in [-0.2, 0) is 16.0 Å². The first kappa shape index (κ1) is 20.9. The smallest absolute Gasteiger partial charge is 0.338 e. The minimum atomic E-state index is -0.589. The molecule has 0 fully saturated rings. The second-order valence-corrected chi connectivity index (χ2v) is 6.43. The summed E-state index contributed by atoms with van der Waals surface area (Å²) in [7, 11) is 1.61. The molecule has 0 radical (unpaired) electrons. The molecule has 1 N–H and O–H groups in total. The molecular formula is C24H23NO5. The first-order valence-corrected chi connectivity index (χ1v) is 9.54.